The summed E-state index contributed by atoms with van der Waals surface area (Å²) in [5, 5.41) is 11.1. The Morgan fingerprint density at radius 2 is 2.00 bits per heavy atom. The summed E-state index contributed by atoms with van der Waals surface area (Å²) in [4.78, 5) is 21.9. The van der Waals surface area contributed by atoms with E-state index in [1.807, 2.05) is 4.72 Å². The van der Waals surface area contributed by atoms with Gasteiger partial charge in [0.15, 0.2) is 6.79 Å². The van der Waals surface area contributed by atoms with Crippen molar-refractivity contribution in [1.29, 1.82) is 0 Å². The molecule has 0 aliphatic carbocycles. The summed E-state index contributed by atoms with van der Waals surface area (Å²) in [6, 6.07) is 5.63. The lowest BCUT2D eigenvalue weighted by Crippen LogP contribution is -2.27. The lowest BCUT2D eigenvalue weighted by Gasteiger charge is -2.20. The molecule has 33 heavy (non-hydrogen) atoms. The van der Waals surface area contributed by atoms with E-state index in [2.05, 4.69) is 0 Å². The van der Waals surface area contributed by atoms with Gasteiger partial charge in [-0.3, -0.25) is 14.9 Å². The van der Waals surface area contributed by atoms with Crippen molar-refractivity contribution < 1.29 is 45.5 Å². The van der Waals surface area contributed by atoms with Crippen molar-refractivity contribution in [2.45, 2.75) is 30.7 Å². The largest absolute Gasteiger partial charge is 0.467 e. The molecule has 14 heteroatoms. The second-order valence-electron chi connectivity index (χ2n) is 6.79. The maximum atomic E-state index is 12.8. The van der Waals surface area contributed by atoms with Crippen molar-refractivity contribution in [3.8, 4) is 5.75 Å². The normalized spacial score (nSPS) is 13.7. The molecule has 0 radical (unpaired) electrons. The van der Waals surface area contributed by atoms with Crippen molar-refractivity contribution in [2.75, 3.05) is 13.3 Å². The molecular formula is C19H17F3N2O8S. The molecule has 2 aromatic carbocycles. The number of sulfonamides is 1. The van der Waals surface area contributed by atoms with Gasteiger partial charge in [0.05, 0.1) is 28.4 Å². The summed E-state index contributed by atoms with van der Waals surface area (Å²) in [5.74, 6) is -0.543. The van der Waals surface area contributed by atoms with Gasteiger partial charge in [0.2, 0.25) is 10.0 Å². The van der Waals surface area contributed by atoms with Crippen LogP contribution in [-0.4, -0.2) is 32.6 Å². The Morgan fingerprint density at radius 1 is 1.24 bits per heavy atom. The number of carbonyl (C=O) groups is 1. The minimum atomic E-state index is -4.71. The number of nitro benzene ring substituents is 1. The molecule has 1 aliphatic rings. The van der Waals surface area contributed by atoms with Gasteiger partial charge < -0.3 is 14.2 Å². The van der Waals surface area contributed by atoms with Crippen LogP contribution in [0.25, 0.3) is 0 Å². The topological polar surface area (TPSA) is 134 Å². The Hall–Kier alpha value is -3.23. The highest BCUT2D eigenvalue weighted by atomic mass is 32.2. The van der Waals surface area contributed by atoms with E-state index in [0.29, 0.717) is 17.4 Å². The number of nitro groups is 1. The molecule has 0 atom stereocenters. The average Bonchev–Trinajstić information content (AvgIpc) is 2.76. The smallest absolute Gasteiger partial charge is 0.416 e. The number of hydrogen-bond acceptors (Lipinski definition) is 8. The molecule has 0 saturated carbocycles. The van der Waals surface area contributed by atoms with E-state index in [-0.39, 0.29) is 31.3 Å². The van der Waals surface area contributed by atoms with Crippen molar-refractivity contribution in [3.05, 3.63) is 63.2 Å². The number of rotatable bonds is 8. The van der Waals surface area contributed by atoms with Crippen LogP contribution in [0.5, 0.6) is 5.75 Å². The van der Waals surface area contributed by atoms with Crippen LogP contribution in [0.3, 0.4) is 0 Å². The van der Waals surface area contributed by atoms with E-state index < -0.39 is 50.5 Å². The first-order valence-corrected chi connectivity index (χ1v) is 10.8. The number of non-ortho nitro benzene ring substituents is 1. The molecule has 1 N–H and O–H groups in total. The molecule has 0 aromatic heterocycles. The number of alkyl halides is 3. The molecule has 0 unspecified atom stereocenters. The fourth-order valence-electron chi connectivity index (χ4n) is 2.93. The highest BCUT2D eigenvalue weighted by Crippen LogP contribution is 2.33. The molecule has 3 rings (SSSR count). The molecule has 2 aromatic rings. The van der Waals surface area contributed by atoms with Crippen LogP contribution in [0, 0.1) is 10.1 Å². The minimum absolute atomic E-state index is 0.0786. The molecule has 178 valence electrons. The van der Waals surface area contributed by atoms with Crippen LogP contribution in [0.4, 0.5) is 18.9 Å². The SMILES string of the molecule is O=C(CCNS(=O)(=O)c1cccc(C(F)(F)F)c1)OCc1cc([N+](=O)[O-])cc2c1OCOC2. The van der Waals surface area contributed by atoms with Gasteiger partial charge in [0, 0.05) is 29.8 Å². The van der Waals surface area contributed by atoms with Crippen LogP contribution in [0.2, 0.25) is 0 Å². The molecule has 1 aliphatic heterocycles. The second kappa shape index (κ2) is 9.72. The Balaban J connectivity index is 1.58. The molecule has 0 amide bonds. The Morgan fingerprint density at radius 3 is 2.70 bits per heavy atom. The van der Waals surface area contributed by atoms with Crippen LogP contribution in [-0.2, 0) is 43.7 Å². The third-order valence-corrected chi connectivity index (χ3v) is 5.92. The number of nitrogens with one attached hydrogen (secondary N) is 1. The van der Waals surface area contributed by atoms with Crippen molar-refractivity contribution in [1.82, 2.24) is 4.72 Å². The molecule has 0 bridgehead atoms. The zero-order valence-electron chi connectivity index (χ0n) is 16.8. The first kappa shape index (κ1) is 24.4. The zero-order chi connectivity index (χ0) is 24.2. The predicted octanol–water partition coefficient (Wildman–Crippen LogP) is 2.89. The molecule has 1 heterocycles. The van der Waals surface area contributed by atoms with Gasteiger partial charge in [-0.2, -0.15) is 13.2 Å². The molecule has 0 saturated heterocycles. The van der Waals surface area contributed by atoms with Crippen molar-refractivity contribution in [2.24, 2.45) is 0 Å². The Kier molecular flexibility index (Phi) is 7.19. The third-order valence-electron chi connectivity index (χ3n) is 4.46. The van der Waals surface area contributed by atoms with Gasteiger partial charge in [0.1, 0.15) is 12.4 Å². The summed E-state index contributed by atoms with van der Waals surface area (Å²) in [7, 11) is -4.30. The van der Waals surface area contributed by atoms with E-state index >= 15 is 0 Å². The Labute approximate surface area is 185 Å². The quantitative estimate of drug-likeness (QED) is 0.339. The maximum Gasteiger partial charge on any atom is 0.416 e. The van der Waals surface area contributed by atoms with Gasteiger partial charge in [-0.1, -0.05) is 6.07 Å². The minimum Gasteiger partial charge on any atom is -0.467 e. The highest BCUT2D eigenvalue weighted by Gasteiger charge is 2.31. The lowest BCUT2D eigenvalue weighted by atomic mass is 10.1. The lowest BCUT2D eigenvalue weighted by molar-refractivity contribution is -0.385. The molecular weight excluding hydrogens is 473 g/mol. The maximum absolute atomic E-state index is 12.8. The van der Waals surface area contributed by atoms with E-state index in [9.17, 15) is 36.5 Å². The second-order valence-corrected chi connectivity index (χ2v) is 8.56. The van der Waals surface area contributed by atoms with Gasteiger partial charge in [-0.25, -0.2) is 13.1 Å². The number of halogens is 3. The average molecular weight is 490 g/mol. The summed E-state index contributed by atoms with van der Waals surface area (Å²) in [6.45, 7) is -0.809. The number of hydrogen-bond donors (Lipinski definition) is 1. The number of benzene rings is 2. The van der Waals surface area contributed by atoms with Crippen LogP contribution < -0.4 is 9.46 Å². The van der Waals surface area contributed by atoms with Gasteiger partial charge in [-0.15, -0.1) is 0 Å². The number of fused-ring (bicyclic) bond motifs is 1. The third kappa shape index (κ3) is 6.18. The summed E-state index contributed by atoms with van der Waals surface area (Å²) in [6.07, 6.45) is -5.14. The predicted molar refractivity (Wildman–Crippen MR) is 104 cm³/mol. The van der Waals surface area contributed by atoms with Crippen molar-refractivity contribution >= 4 is 21.7 Å². The van der Waals surface area contributed by atoms with Gasteiger partial charge in [-0.05, 0) is 18.2 Å². The van der Waals surface area contributed by atoms with E-state index in [4.69, 9.17) is 14.2 Å². The first-order valence-electron chi connectivity index (χ1n) is 9.30. The van der Waals surface area contributed by atoms with Crippen LogP contribution in [0.15, 0.2) is 41.3 Å². The fourth-order valence-corrected chi connectivity index (χ4v) is 4.01. The van der Waals surface area contributed by atoms with E-state index in [1.54, 1.807) is 0 Å². The summed E-state index contributed by atoms with van der Waals surface area (Å²) >= 11 is 0. The number of ether oxygens (including phenoxy) is 3. The fraction of sp³-hybridized carbons (Fsp3) is 0.316. The van der Waals surface area contributed by atoms with E-state index in [0.717, 1.165) is 18.2 Å². The van der Waals surface area contributed by atoms with Crippen molar-refractivity contribution in [3.63, 3.8) is 0 Å². The molecule has 10 nitrogen and oxygen atoms in total. The van der Waals surface area contributed by atoms with Gasteiger partial charge >= 0.3 is 12.1 Å². The summed E-state index contributed by atoms with van der Waals surface area (Å²) in [5.41, 5.74) is -0.726. The monoisotopic (exact) mass is 490 g/mol. The van der Waals surface area contributed by atoms with Crippen LogP contribution >= 0.6 is 0 Å². The Bertz CT molecular complexity index is 1170. The van der Waals surface area contributed by atoms with Gasteiger partial charge in [0.25, 0.3) is 5.69 Å². The standard InChI is InChI=1S/C19H17F3N2O8S/c20-19(21,22)14-2-1-3-16(8-14)33(28,29)23-5-4-17(25)31-10-13-7-15(24(26)27)6-12-9-30-11-32-18(12)13/h1-3,6-8,23H,4-5,9-11H2. The number of carbonyl (C=O) groups excluding carboxylic acids is 1. The summed E-state index contributed by atoms with van der Waals surface area (Å²) < 4.78 is 80.3. The van der Waals surface area contributed by atoms with E-state index in [1.165, 1.54) is 12.1 Å². The first-order chi connectivity index (χ1) is 15.5. The molecule has 0 spiro atoms. The number of esters is 1. The molecule has 0 fully saturated rings. The van der Waals surface area contributed by atoms with Crippen LogP contribution in [0.1, 0.15) is 23.1 Å². The number of nitrogens with zero attached hydrogens (tertiary/aromatic N) is 1. The highest BCUT2D eigenvalue weighted by molar-refractivity contribution is 7.89. The zero-order valence-corrected chi connectivity index (χ0v) is 17.6.